The number of hydrogen-bond acceptors (Lipinski definition) is 2. The minimum Gasteiger partial charge on any atom is -0.349 e. The van der Waals surface area contributed by atoms with Crippen LogP contribution in [0, 0.1) is 0 Å². The summed E-state index contributed by atoms with van der Waals surface area (Å²) < 4.78 is 0. The first kappa shape index (κ1) is 12.9. The van der Waals surface area contributed by atoms with Crippen molar-refractivity contribution < 1.29 is 4.79 Å². The number of carbonyl (C=O) groups is 1. The zero-order valence-corrected chi connectivity index (χ0v) is 11.8. The number of aryl methyl sites for hydroxylation is 1. The summed E-state index contributed by atoms with van der Waals surface area (Å²) in [5.41, 5.74) is 0.899. The monoisotopic (exact) mass is 271 g/mol. The van der Waals surface area contributed by atoms with Gasteiger partial charge in [-0.1, -0.05) is 0 Å². The second-order valence-electron chi connectivity index (χ2n) is 5.25. The van der Waals surface area contributed by atoms with Gasteiger partial charge in [0.05, 0.1) is 5.92 Å². The summed E-state index contributed by atoms with van der Waals surface area (Å²) in [6, 6.07) is 2.09. The first-order valence-electron chi connectivity index (χ1n) is 5.98. The van der Waals surface area contributed by atoms with E-state index in [-0.39, 0.29) is 17.4 Å². The lowest BCUT2D eigenvalue weighted by Crippen LogP contribution is -2.47. The normalized spacial score (nSPS) is 19.8. The molecular formula is C13H18ClNOS. The number of alkyl halides is 1. The Morgan fingerprint density at radius 3 is 3.12 bits per heavy atom. The van der Waals surface area contributed by atoms with Crippen molar-refractivity contribution in [1.29, 1.82) is 0 Å². The van der Waals surface area contributed by atoms with E-state index in [2.05, 4.69) is 16.8 Å². The largest absolute Gasteiger partial charge is 0.349 e. The summed E-state index contributed by atoms with van der Waals surface area (Å²) in [7, 11) is 0. The molecule has 2 rings (SSSR count). The molecule has 0 aliphatic heterocycles. The average Bonchev–Trinajstić information content (AvgIpc) is 2.76. The molecule has 1 amide bonds. The highest BCUT2D eigenvalue weighted by molar-refractivity contribution is 7.10. The van der Waals surface area contributed by atoms with Crippen LogP contribution in [0.3, 0.4) is 0 Å². The molecule has 0 saturated heterocycles. The van der Waals surface area contributed by atoms with Gasteiger partial charge < -0.3 is 5.32 Å². The maximum absolute atomic E-state index is 12.3. The summed E-state index contributed by atoms with van der Waals surface area (Å²) in [5.74, 6) is 0.574. The standard InChI is InChI=1S/C13H18ClNOS/c1-13(2,8-14)15-12(16)10-4-3-5-11-9(10)6-7-17-11/h6-7,10H,3-5,8H2,1-2H3,(H,15,16). The average molecular weight is 272 g/mol. The van der Waals surface area contributed by atoms with Crippen molar-refractivity contribution >= 4 is 28.8 Å². The van der Waals surface area contributed by atoms with Crippen LogP contribution in [0.2, 0.25) is 0 Å². The molecule has 1 aromatic rings. The van der Waals surface area contributed by atoms with Crippen LogP contribution in [-0.4, -0.2) is 17.3 Å². The predicted octanol–water partition coefficient (Wildman–Crippen LogP) is 3.30. The molecule has 0 aromatic carbocycles. The van der Waals surface area contributed by atoms with E-state index in [1.807, 2.05) is 13.8 Å². The lowest BCUT2D eigenvalue weighted by atomic mass is 9.86. The van der Waals surface area contributed by atoms with Gasteiger partial charge in [0, 0.05) is 16.3 Å². The fourth-order valence-corrected chi connectivity index (χ4v) is 3.27. The molecule has 0 spiro atoms. The summed E-state index contributed by atoms with van der Waals surface area (Å²) in [6.07, 6.45) is 3.18. The minimum absolute atomic E-state index is 0.0208. The lowest BCUT2D eigenvalue weighted by molar-refractivity contribution is -0.124. The van der Waals surface area contributed by atoms with Gasteiger partial charge in [-0.15, -0.1) is 22.9 Å². The Kier molecular flexibility index (Phi) is 3.79. The third-order valence-electron chi connectivity index (χ3n) is 3.16. The molecule has 0 bridgehead atoms. The summed E-state index contributed by atoms with van der Waals surface area (Å²) >= 11 is 7.61. The minimum atomic E-state index is -0.327. The maximum Gasteiger partial charge on any atom is 0.228 e. The number of nitrogens with one attached hydrogen (secondary N) is 1. The van der Waals surface area contributed by atoms with Gasteiger partial charge in [-0.2, -0.15) is 0 Å². The van der Waals surface area contributed by atoms with Gasteiger partial charge >= 0.3 is 0 Å². The van der Waals surface area contributed by atoms with E-state index in [9.17, 15) is 4.79 Å². The van der Waals surface area contributed by atoms with Crippen LogP contribution in [0.15, 0.2) is 11.4 Å². The summed E-state index contributed by atoms with van der Waals surface area (Å²) in [5, 5.41) is 5.13. The number of carbonyl (C=O) groups excluding carboxylic acids is 1. The molecule has 1 unspecified atom stereocenters. The lowest BCUT2D eigenvalue weighted by Gasteiger charge is -2.28. The molecule has 0 saturated carbocycles. The zero-order chi connectivity index (χ0) is 12.5. The van der Waals surface area contributed by atoms with E-state index in [1.165, 1.54) is 10.4 Å². The summed E-state index contributed by atoms with van der Waals surface area (Å²) in [4.78, 5) is 13.6. The zero-order valence-electron chi connectivity index (χ0n) is 10.3. The Balaban J connectivity index is 2.12. The van der Waals surface area contributed by atoms with Crippen molar-refractivity contribution in [2.75, 3.05) is 5.88 Å². The van der Waals surface area contributed by atoms with E-state index >= 15 is 0 Å². The van der Waals surface area contributed by atoms with Gasteiger partial charge in [-0.3, -0.25) is 4.79 Å². The van der Waals surface area contributed by atoms with Gasteiger partial charge in [0.1, 0.15) is 0 Å². The van der Waals surface area contributed by atoms with Crippen molar-refractivity contribution in [3.63, 3.8) is 0 Å². The van der Waals surface area contributed by atoms with Crippen molar-refractivity contribution in [3.05, 3.63) is 21.9 Å². The predicted molar refractivity (Wildman–Crippen MR) is 72.9 cm³/mol. The highest BCUT2D eigenvalue weighted by Crippen LogP contribution is 2.35. The Morgan fingerprint density at radius 2 is 2.41 bits per heavy atom. The molecule has 0 radical (unpaired) electrons. The number of hydrogen-bond donors (Lipinski definition) is 1. The Bertz CT molecular complexity index is 413. The van der Waals surface area contributed by atoms with Crippen LogP contribution in [0.4, 0.5) is 0 Å². The highest BCUT2D eigenvalue weighted by atomic mass is 35.5. The smallest absolute Gasteiger partial charge is 0.228 e. The van der Waals surface area contributed by atoms with Crippen LogP contribution < -0.4 is 5.32 Å². The van der Waals surface area contributed by atoms with E-state index in [1.54, 1.807) is 11.3 Å². The molecule has 1 heterocycles. The topological polar surface area (TPSA) is 29.1 Å². The number of halogens is 1. The van der Waals surface area contributed by atoms with E-state index < -0.39 is 0 Å². The summed E-state index contributed by atoms with van der Waals surface area (Å²) in [6.45, 7) is 3.91. The van der Waals surface area contributed by atoms with Crippen LogP contribution in [0.25, 0.3) is 0 Å². The maximum atomic E-state index is 12.3. The van der Waals surface area contributed by atoms with Crippen molar-refractivity contribution in [3.8, 4) is 0 Å². The number of fused-ring (bicyclic) bond motifs is 1. The molecular weight excluding hydrogens is 254 g/mol. The van der Waals surface area contributed by atoms with Gasteiger partial charge in [-0.05, 0) is 50.1 Å². The Morgan fingerprint density at radius 1 is 1.65 bits per heavy atom. The van der Waals surface area contributed by atoms with Crippen LogP contribution in [-0.2, 0) is 11.2 Å². The van der Waals surface area contributed by atoms with Crippen LogP contribution >= 0.6 is 22.9 Å². The second-order valence-corrected chi connectivity index (χ2v) is 6.52. The molecule has 94 valence electrons. The molecule has 1 aliphatic rings. The van der Waals surface area contributed by atoms with Crippen molar-refractivity contribution in [1.82, 2.24) is 5.32 Å². The van der Waals surface area contributed by atoms with E-state index in [0.29, 0.717) is 5.88 Å². The molecule has 1 atom stereocenters. The van der Waals surface area contributed by atoms with Gasteiger partial charge in [0.2, 0.25) is 5.91 Å². The first-order chi connectivity index (χ1) is 8.03. The van der Waals surface area contributed by atoms with Crippen LogP contribution in [0.1, 0.15) is 43.0 Å². The van der Waals surface area contributed by atoms with E-state index in [4.69, 9.17) is 11.6 Å². The SMILES string of the molecule is CC(C)(CCl)NC(=O)C1CCCc2sccc21. The van der Waals surface area contributed by atoms with Crippen LogP contribution in [0.5, 0.6) is 0 Å². The van der Waals surface area contributed by atoms with Gasteiger partial charge in [-0.25, -0.2) is 0 Å². The van der Waals surface area contributed by atoms with Crippen molar-refractivity contribution in [2.24, 2.45) is 0 Å². The number of rotatable bonds is 3. The Hall–Kier alpha value is -0.540. The van der Waals surface area contributed by atoms with E-state index in [0.717, 1.165) is 19.3 Å². The number of thiophene rings is 1. The molecule has 1 aromatic heterocycles. The Labute approximate surface area is 111 Å². The van der Waals surface area contributed by atoms with Gasteiger partial charge in [0.15, 0.2) is 0 Å². The fourth-order valence-electron chi connectivity index (χ4n) is 2.21. The fraction of sp³-hybridized carbons (Fsp3) is 0.615. The number of amides is 1. The van der Waals surface area contributed by atoms with Gasteiger partial charge in [0.25, 0.3) is 0 Å². The quantitative estimate of drug-likeness (QED) is 0.840. The highest BCUT2D eigenvalue weighted by Gasteiger charge is 2.30. The molecule has 0 fully saturated rings. The third kappa shape index (κ3) is 2.83. The first-order valence-corrected chi connectivity index (χ1v) is 7.39. The second kappa shape index (κ2) is 4.99. The molecule has 17 heavy (non-hydrogen) atoms. The molecule has 4 heteroatoms. The molecule has 1 N–H and O–H groups in total. The van der Waals surface area contributed by atoms with Crippen molar-refractivity contribution in [2.45, 2.75) is 44.6 Å². The molecule has 2 nitrogen and oxygen atoms in total. The third-order valence-corrected chi connectivity index (χ3v) is 4.83. The molecule has 1 aliphatic carbocycles.